The minimum absolute atomic E-state index is 0.0269. The van der Waals surface area contributed by atoms with Gasteiger partial charge in [-0.25, -0.2) is 0 Å². The molecule has 0 bridgehead atoms. The van der Waals surface area contributed by atoms with Crippen LogP contribution in [-0.2, 0) is 16.3 Å². The number of ether oxygens (including phenoxy) is 2. The highest BCUT2D eigenvalue weighted by molar-refractivity contribution is 7.95. The first kappa shape index (κ1) is 82.0. The molecule has 5 heterocycles. The number of aryl methyl sites for hydroxylation is 6. The lowest BCUT2D eigenvalue weighted by Gasteiger charge is -2.18. The van der Waals surface area contributed by atoms with Crippen LogP contribution in [0.3, 0.4) is 0 Å². The summed E-state index contributed by atoms with van der Waals surface area (Å²) >= 11 is 0. The van der Waals surface area contributed by atoms with Crippen molar-refractivity contribution in [1.82, 2.24) is 0 Å². The van der Waals surface area contributed by atoms with Gasteiger partial charge >= 0.3 is 0 Å². The summed E-state index contributed by atoms with van der Waals surface area (Å²) in [7, 11) is 2.30. The Morgan fingerprint density at radius 1 is 0.319 bits per heavy atom. The number of aromatic hydroxyl groups is 1. The number of hydrogen-bond donors (Lipinski definition) is 1. The summed E-state index contributed by atoms with van der Waals surface area (Å²) in [5, 5.41) is 25.6. The summed E-state index contributed by atoms with van der Waals surface area (Å²) in [4.78, 5) is 8.31. The molecule has 2 atom stereocenters. The quantitative estimate of drug-likeness (QED) is 0.0924. The minimum atomic E-state index is -0.0805. The van der Waals surface area contributed by atoms with Crippen LogP contribution in [0.2, 0.25) is 0 Å². The fourth-order valence-corrected chi connectivity index (χ4v) is 27.7. The Morgan fingerprint density at radius 2 is 0.629 bits per heavy atom. The van der Waals surface area contributed by atoms with Crippen molar-refractivity contribution in [2.45, 2.75) is 105 Å². The highest BCUT2D eigenvalue weighted by atomic mass is 32.2. The molecule has 3 nitrogen and oxygen atoms in total. The first-order chi connectivity index (χ1) is 56.4. The molecule has 0 amide bonds. The van der Waals surface area contributed by atoms with Crippen molar-refractivity contribution in [3.63, 3.8) is 0 Å². The van der Waals surface area contributed by atoms with Crippen LogP contribution >= 0.6 is 52.3 Å². The molecule has 116 heavy (non-hydrogen) atoms. The van der Waals surface area contributed by atoms with Crippen molar-refractivity contribution in [3.8, 4) is 41.7 Å². The Balaban J connectivity index is 0.000000118. The van der Waals surface area contributed by atoms with Crippen molar-refractivity contribution in [3.05, 3.63) is 377 Å². The molecule has 0 radical (unpaired) electrons. The number of phenols is 1. The molecule has 0 fully saturated rings. The first-order valence-corrected chi connectivity index (χ1v) is 48.4. The normalized spacial score (nSPS) is 11.6. The lowest BCUT2D eigenvalue weighted by molar-refractivity contribution is 0.301. The molecule has 0 aliphatic carbocycles. The molecule has 19 rings (SSSR count). The van der Waals surface area contributed by atoms with Gasteiger partial charge in [0.15, 0.2) is 67.0 Å². The molecule has 0 spiro atoms. The minimum Gasteiger partial charge on any atom is -0.507 e. The summed E-state index contributed by atoms with van der Waals surface area (Å²) in [6, 6.07) is 118. The maximum atomic E-state index is 10.1. The van der Waals surface area contributed by atoms with Crippen molar-refractivity contribution in [2.24, 2.45) is 0 Å². The van der Waals surface area contributed by atoms with Gasteiger partial charge in [-0.05, 0) is 226 Å². The lowest BCUT2D eigenvalue weighted by atomic mass is 9.87. The molecule has 0 aliphatic rings. The topological polar surface area (TPSA) is 38.7 Å². The van der Waals surface area contributed by atoms with E-state index in [1.165, 1.54) is 157 Å². The van der Waals surface area contributed by atoms with Crippen LogP contribution in [0, 0.1) is 41.5 Å². The van der Waals surface area contributed by atoms with Crippen molar-refractivity contribution >= 4 is 144 Å². The molecule has 2 unspecified atom stereocenters. The molecular formula is C107H106O3S6+6. The second kappa shape index (κ2) is 37.6. The van der Waals surface area contributed by atoms with E-state index in [0.29, 0.717) is 16.6 Å². The zero-order valence-electron chi connectivity index (χ0n) is 69.1. The molecule has 19 aromatic rings. The number of phenolic OH excluding ortho intramolecular Hbond substituents is 1. The number of benzene rings is 14. The average molecular weight is 1630 g/mol. The summed E-state index contributed by atoms with van der Waals surface area (Å²) in [5.41, 5.74) is 8.43. The highest BCUT2D eigenvalue weighted by Crippen LogP contribution is 2.53. The maximum Gasteiger partial charge on any atom is 0.187 e. The first-order valence-electron chi connectivity index (χ1n) is 40.2. The Hall–Kier alpha value is -10.6. The van der Waals surface area contributed by atoms with Gasteiger partial charge in [-0.15, -0.1) is 0 Å². The van der Waals surface area contributed by atoms with Crippen LogP contribution in [0.1, 0.15) is 92.3 Å². The number of fused-ring (bicyclic) bond motifs is 11. The summed E-state index contributed by atoms with van der Waals surface area (Å²) in [6.45, 7) is 22.4. The van der Waals surface area contributed by atoms with Crippen molar-refractivity contribution in [1.29, 1.82) is 0 Å². The number of hydrogen-bond acceptors (Lipinski definition) is 3. The molecule has 9 heteroatoms. The van der Waals surface area contributed by atoms with Gasteiger partial charge in [-0.1, -0.05) is 193 Å². The molecular weight excluding hydrogens is 1530 g/mol. The van der Waals surface area contributed by atoms with E-state index >= 15 is 0 Å². The second-order valence-corrected chi connectivity index (χ2v) is 42.5. The number of thiophene rings is 5. The standard InChI is InChI=1S/C26H29OS.C21H19OS.C20H16OS.C18H19S.C14H11S.C8H11S/c1-4-5-6-11-16-27-26-19(2)17-21(18-20(26)3)28-24-14-9-7-12-22(24)23-13-8-10-15-25(23)28;1-14-12-16(13-15(2)21(14)22-3)23-19-10-6-4-8-17(19)18-9-5-7-11-20(18)23;1-13-11-15(12-14(2)20(13)21)22-18-9-5-3-7-16(18)17-8-4-6-10-19(17)22;1-18(2,3)15-8-10-16(11-9-15)19-13-12-14-6-4-5-7-17(14)19;1-2-7-13(8-3-1)15-11-10-12-6-4-5-9-14(12)15;1-9(2)8-6-4-3-5-7-8/h7-10,12-15,17-18H,4-6,11,16H2,1-3H3;4-13H,1-3H3;3-12H,1-2H3;4-13H,1-3H3;1-11H;3-7H,1-2H3/q2*+1;;3*+1/p+1. The lowest BCUT2D eigenvalue weighted by Crippen LogP contribution is -2.10. The van der Waals surface area contributed by atoms with E-state index in [1.807, 2.05) is 13.8 Å². The molecule has 0 saturated carbocycles. The van der Waals surface area contributed by atoms with Crippen LogP contribution in [0.4, 0.5) is 0 Å². The Labute approximate surface area is 703 Å². The van der Waals surface area contributed by atoms with Gasteiger partial charge in [0.25, 0.3) is 0 Å². The van der Waals surface area contributed by atoms with Crippen LogP contribution in [-0.4, -0.2) is 31.3 Å². The van der Waals surface area contributed by atoms with Crippen LogP contribution in [0.15, 0.2) is 343 Å². The van der Waals surface area contributed by atoms with Crippen LogP contribution < -0.4 is 9.47 Å². The van der Waals surface area contributed by atoms with Crippen molar-refractivity contribution < 1.29 is 14.6 Å². The summed E-state index contributed by atoms with van der Waals surface area (Å²) in [5.74, 6) is 2.48. The summed E-state index contributed by atoms with van der Waals surface area (Å²) in [6.07, 6.45) is 9.41. The van der Waals surface area contributed by atoms with Crippen LogP contribution in [0.5, 0.6) is 17.2 Å². The SMILES string of the molecule is CC(C)(C)c1ccc(-[s+]2ccc3ccccc32)cc1.CCCCCCOc1c(C)cc(-[s+]2c3ccccc3c3ccccc32)cc1C.COc1c(C)cc(-[s+]2c3ccccc3c3ccccc32)cc1C.C[S+](C)c1ccccc1.Cc1cc(-[s+]2c3ccccc3c3ccccc32)cc(C)c1O.c1ccc(-[s+]2ccc3ccccc32)cc1. The smallest absolute Gasteiger partial charge is 0.187 e. The monoisotopic (exact) mass is 1630 g/mol. The van der Waals surface area contributed by atoms with Gasteiger partial charge in [0.1, 0.15) is 40.5 Å². The van der Waals surface area contributed by atoms with E-state index in [-0.39, 0.29) is 57.8 Å². The van der Waals surface area contributed by atoms with Gasteiger partial charge in [-0.2, -0.15) is 0 Å². The molecule has 1 N–H and O–H groups in total. The Morgan fingerprint density at radius 3 is 0.966 bits per heavy atom. The van der Waals surface area contributed by atoms with Gasteiger partial charge in [0, 0.05) is 155 Å². The fraction of sp³-hybridized carbons (Fsp3) is 0.178. The Kier molecular flexibility index (Phi) is 26.5. The predicted molar refractivity (Wildman–Crippen MR) is 520 cm³/mol. The zero-order chi connectivity index (χ0) is 81.0. The zero-order valence-corrected chi connectivity index (χ0v) is 74.0. The number of unbranched alkanes of at least 4 members (excludes halogenated alkanes) is 3. The second-order valence-electron chi connectivity index (χ2n) is 30.8. The largest absolute Gasteiger partial charge is 0.507 e. The number of methoxy groups -OCH3 is 1. The Bertz CT molecular complexity index is 6330. The molecule has 582 valence electrons. The van der Waals surface area contributed by atoms with E-state index in [2.05, 4.69) is 406 Å². The molecule has 5 aromatic heterocycles. The van der Waals surface area contributed by atoms with Gasteiger partial charge in [-0.3, -0.25) is 0 Å². The summed E-state index contributed by atoms with van der Waals surface area (Å²) < 4.78 is 23.1. The van der Waals surface area contributed by atoms with Crippen molar-refractivity contribution in [2.75, 3.05) is 26.2 Å². The molecule has 14 aromatic carbocycles. The molecule has 0 aliphatic heterocycles. The van der Waals surface area contributed by atoms with E-state index < -0.39 is 0 Å². The third-order valence-corrected chi connectivity index (χ3v) is 33.4. The predicted octanol–water partition coefficient (Wildman–Crippen LogP) is 33.1. The average Bonchev–Trinajstić information content (AvgIpc) is 1.61. The highest BCUT2D eigenvalue weighted by Gasteiger charge is 2.29. The van der Waals surface area contributed by atoms with E-state index in [0.717, 1.165) is 35.7 Å². The van der Waals surface area contributed by atoms with E-state index in [4.69, 9.17) is 9.47 Å². The third kappa shape index (κ3) is 18.2. The fourth-order valence-electron chi connectivity index (χ4n) is 15.5. The van der Waals surface area contributed by atoms with Gasteiger partial charge < -0.3 is 14.6 Å². The molecule has 0 saturated heterocycles. The van der Waals surface area contributed by atoms with E-state index in [1.54, 1.807) is 7.11 Å². The number of rotatable bonds is 13. The van der Waals surface area contributed by atoms with Crippen LogP contribution in [0.25, 0.3) is 105 Å². The van der Waals surface area contributed by atoms with Gasteiger partial charge in [0.05, 0.1) is 13.7 Å². The third-order valence-electron chi connectivity index (χ3n) is 21.3. The van der Waals surface area contributed by atoms with E-state index in [9.17, 15) is 5.11 Å². The maximum absolute atomic E-state index is 10.1. The van der Waals surface area contributed by atoms with Gasteiger partial charge in [0.2, 0.25) is 0 Å².